The molecule has 0 unspecified atom stereocenters. The third-order valence-electron chi connectivity index (χ3n) is 4.56. The van der Waals surface area contributed by atoms with E-state index in [2.05, 4.69) is 10.3 Å². The number of nitrogens with one attached hydrogen (secondary N) is 1. The van der Waals surface area contributed by atoms with Gasteiger partial charge in [0.1, 0.15) is 0 Å². The number of fused-ring (bicyclic) bond motifs is 1. The van der Waals surface area contributed by atoms with Crippen LogP contribution < -0.4 is 5.32 Å². The number of hydrogen-bond donors (Lipinski definition) is 1. The molecule has 0 atom stereocenters. The summed E-state index contributed by atoms with van der Waals surface area (Å²) < 4.78 is 40.4. The van der Waals surface area contributed by atoms with E-state index in [-0.39, 0.29) is 5.52 Å². The number of hydrogen-bond acceptors (Lipinski definition) is 2. The van der Waals surface area contributed by atoms with Gasteiger partial charge in [0.25, 0.3) is 0 Å². The van der Waals surface area contributed by atoms with Crippen LogP contribution in [0.15, 0.2) is 85.1 Å². The number of benzene rings is 3. The number of pyridine rings is 1. The maximum absolute atomic E-state index is 13.5. The predicted molar refractivity (Wildman–Crippen MR) is 106 cm³/mol. The van der Waals surface area contributed by atoms with Gasteiger partial charge in [0.2, 0.25) is 0 Å². The summed E-state index contributed by atoms with van der Waals surface area (Å²) >= 11 is 0. The molecule has 0 amide bonds. The van der Waals surface area contributed by atoms with E-state index < -0.39 is 11.7 Å². The quantitative estimate of drug-likeness (QED) is 0.433. The van der Waals surface area contributed by atoms with Gasteiger partial charge in [-0.15, -0.1) is 0 Å². The Morgan fingerprint density at radius 2 is 1.46 bits per heavy atom. The molecule has 0 saturated heterocycles. The first-order chi connectivity index (χ1) is 13.5. The Morgan fingerprint density at radius 1 is 0.786 bits per heavy atom. The van der Waals surface area contributed by atoms with Crippen molar-refractivity contribution in [3.8, 4) is 0 Å². The minimum atomic E-state index is -4.46. The summed E-state index contributed by atoms with van der Waals surface area (Å²) in [6, 6.07) is 23.4. The van der Waals surface area contributed by atoms with Gasteiger partial charge in [-0.3, -0.25) is 4.98 Å². The van der Waals surface area contributed by atoms with Crippen LogP contribution in [0.25, 0.3) is 10.9 Å². The summed E-state index contributed by atoms with van der Waals surface area (Å²) in [6.07, 6.45) is -2.36. The van der Waals surface area contributed by atoms with Crippen LogP contribution >= 0.6 is 0 Å². The van der Waals surface area contributed by atoms with Crippen LogP contribution in [0.2, 0.25) is 0 Å². The number of halogens is 3. The zero-order valence-corrected chi connectivity index (χ0v) is 14.9. The fourth-order valence-electron chi connectivity index (χ4n) is 3.26. The van der Waals surface area contributed by atoms with Gasteiger partial charge in [-0.1, -0.05) is 60.7 Å². The predicted octanol–water partition coefficient (Wildman–Crippen LogP) is 6.59. The normalized spacial score (nSPS) is 11.5. The molecule has 5 heteroatoms. The lowest BCUT2D eigenvalue weighted by Crippen LogP contribution is -2.08. The van der Waals surface area contributed by atoms with E-state index >= 15 is 0 Å². The fraction of sp³-hybridized carbons (Fsp3) is 0.0870. The van der Waals surface area contributed by atoms with E-state index in [1.165, 1.54) is 12.3 Å². The second-order valence-electron chi connectivity index (χ2n) is 6.51. The van der Waals surface area contributed by atoms with Crippen LogP contribution in [0.5, 0.6) is 0 Å². The lowest BCUT2D eigenvalue weighted by molar-refractivity contribution is -0.136. The van der Waals surface area contributed by atoms with E-state index in [1.807, 2.05) is 60.7 Å². The Kier molecular flexibility index (Phi) is 4.74. The zero-order valence-electron chi connectivity index (χ0n) is 14.9. The van der Waals surface area contributed by atoms with Crippen molar-refractivity contribution in [1.29, 1.82) is 0 Å². The van der Waals surface area contributed by atoms with E-state index in [0.29, 0.717) is 17.5 Å². The molecule has 1 N–H and O–H groups in total. The summed E-state index contributed by atoms with van der Waals surface area (Å²) in [4.78, 5) is 4.19. The highest BCUT2D eigenvalue weighted by Crippen LogP contribution is 2.38. The van der Waals surface area contributed by atoms with Gasteiger partial charge in [0.05, 0.1) is 16.8 Å². The second kappa shape index (κ2) is 7.35. The summed E-state index contributed by atoms with van der Waals surface area (Å²) in [5.74, 6) is 0. The SMILES string of the molecule is FC(F)(F)c1cccc2c(Nc3ccccc3)c(Cc3ccccc3)cnc12. The van der Waals surface area contributed by atoms with E-state index in [4.69, 9.17) is 0 Å². The third kappa shape index (κ3) is 3.69. The van der Waals surface area contributed by atoms with Crippen molar-refractivity contribution >= 4 is 22.3 Å². The molecule has 0 aliphatic carbocycles. The molecule has 140 valence electrons. The maximum atomic E-state index is 13.5. The van der Waals surface area contributed by atoms with Crippen LogP contribution in [-0.2, 0) is 12.6 Å². The first-order valence-electron chi connectivity index (χ1n) is 8.86. The van der Waals surface area contributed by atoms with E-state index in [1.54, 1.807) is 6.07 Å². The molecule has 0 fully saturated rings. The maximum Gasteiger partial charge on any atom is 0.418 e. The highest BCUT2D eigenvalue weighted by molar-refractivity contribution is 5.96. The molecule has 3 aromatic carbocycles. The zero-order chi connectivity index (χ0) is 19.6. The van der Waals surface area contributed by atoms with E-state index in [9.17, 15) is 13.2 Å². The van der Waals surface area contributed by atoms with Crippen molar-refractivity contribution in [2.75, 3.05) is 5.32 Å². The number of anilines is 2. The Hall–Kier alpha value is -3.34. The van der Waals surface area contributed by atoms with Gasteiger partial charge in [-0.2, -0.15) is 13.2 Å². The fourth-order valence-corrected chi connectivity index (χ4v) is 3.26. The molecule has 0 aliphatic rings. The van der Waals surface area contributed by atoms with Gasteiger partial charge >= 0.3 is 6.18 Å². The summed E-state index contributed by atoms with van der Waals surface area (Å²) in [5, 5.41) is 3.76. The standard InChI is InChI=1S/C23H17F3N2/c24-23(25,26)20-13-7-12-19-21(28-18-10-5-2-6-11-18)17(15-27-22(19)20)14-16-8-3-1-4-9-16/h1-13,15H,14H2,(H,27,28). The van der Waals surface area contributed by atoms with Crippen molar-refractivity contribution in [1.82, 2.24) is 4.98 Å². The summed E-state index contributed by atoms with van der Waals surface area (Å²) in [7, 11) is 0. The Labute approximate surface area is 160 Å². The number of alkyl halides is 3. The average molecular weight is 378 g/mol. The smallest absolute Gasteiger partial charge is 0.355 e. The number of nitrogens with zero attached hydrogens (tertiary/aromatic N) is 1. The topological polar surface area (TPSA) is 24.9 Å². The van der Waals surface area contributed by atoms with E-state index in [0.717, 1.165) is 22.9 Å². The molecular formula is C23H17F3N2. The highest BCUT2D eigenvalue weighted by Gasteiger charge is 2.33. The molecule has 1 heterocycles. The van der Waals surface area contributed by atoms with Crippen LogP contribution in [0.1, 0.15) is 16.7 Å². The molecule has 0 aliphatic heterocycles. The lowest BCUT2D eigenvalue weighted by atomic mass is 10.00. The summed E-state index contributed by atoms with van der Waals surface area (Å²) in [5.41, 5.74) is 2.57. The molecule has 0 radical (unpaired) electrons. The van der Waals surface area contributed by atoms with Crippen molar-refractivity contribution in [2.45, 2.75) is 12.6 Å². The molecule has 4 rings (SSSR count). The van der Waals surface area contributed by atoms with Crippen LogP contribution in [-0.4, -0.2) is 4.98 Å². The minimum Gasteiger partial charge on any atom is -0.355 e. The highest BCUT2D eigenvalue weighted by atomic mass is 19.4. The molecule has 0 spiro atoms. The molecule has 4 aromatic rings. The molecule has 1 aromatic heterocycles. The molecule has 28 heavy (non-hydrogen) atoms. The first-order valence-corrected chi connectivity index (χ1v) is 8.86. The van der Waals surface area contributed by atoms with Gasteiger partial charge < -0.3 is 5.32 Å². The van der Waals surface area contributed by atoms with Gasteiger partial charge in [-0.05, 0) is 29.3 Å². The molecule has 2 nitrogen and oxygen atoms in total. The molecule has 0 bridgehead atoms. The van der Waals surface area contributed by atoms with Crippen molar-refractivity contribution in [3.05, 3.63) is 102 Å². The largest absolute Gasteiger partial charge is 0.418 e. The minimum absolute atomic E-state index is 0.0507. The first kappa shape index (κ1) is 18.0. The summed E-state index contributed by atoms with van der Waals surface area (Å²) in [6.45, 7) is 0. The number of rotatable bonds is 4. The van der Waals surface area contributed by atoms with Gasteiger partial charge in [0.15, 0.2) is 0 Å². The molecular weight excluding hydrogens is 361 g/mol. The van der Waals surface area contributed by atoms with Gasteiger partial charge in [-0.25, -0.2) is 0 Å². The van der Waals surface area contributed by atoms with Crippen LogP contribution in [0.4, 0.5) is 24.5 Å². The van der Waals surface area contributed by atoms with Crippen molar-refractivity contribution < 1.29 is 13.2 Å². The Bertz CT molecular complexity index is 1090. The lowest BCUT2D eigenvalue weighted by Gasteiger charge is -2.17. The van der Waals surface area contributed by atoms with Crippen LogP contribution in [0.3, 0.4) is 0 Å². The van der Waals surface area contributed by atoms with Crippen molar-refractivity contribution in [3.63, 3.8) is 0 Å². The van der Waals surface area contributed by atoms with Crippen LogP contribution in [0, 0.1) is 0 Å². The monoisotopic (exact) mass is 378 g/mol. The third-order valence-corrected chi connectivity index (χ3v) is 4.56. The number of para-hydroxylation sites is 2. The average Bonchev–Trinajstić information content (AvgIpc) is 2.70. The second-order valence-corrected chi connectivity index (χ2v) is 6.51. The molecule has 0 saturated carbocycles. The van der Waals surface area contributed by atoms with Crippen molar-refractivity contribution in [2.24, 2.45) is 0 Å². The number of aromatic nitrogens is 1. The van der Waals surface area contributed by atoms with Gasteiger partial charge in [0, 0.05) is 23.7 Å². The Balaban J connectivity index is 1.89. The Morgan fingerprint density at radius 3 is 2.14 bits per heavy atom.